The van der Waals surface area contributed by atoms with Gasteiger partial charge in [0.05, 0.1) is 11.7 Å². The molecule has 0 radical (unpaired) electrons. The van der Waals surface area contributed by atoms with Crippen LogP contribution in [0.15, 0.2) is 60.7 Å². The summed E-state index contributed by atoms with van der Waals surface area (Å²) in [4.78, 5) is 12.8. The largest absolute Gasteiger partial charge is 0.344 e. The van der Waals surface area contributed by atoms with Crippen molar-refractivity contribution in [2.24, 2.45) is 7.05 Å². The molecular formula is C21H21N3O. The van der Waals surface area contributed by atoms with Crippen LogP contribution in [0.2, 0.25) is 0 Å². The van der Waals surface area contributed by atoms with E-state index in [0.29, 0.717) is 5.69 Å². The van der Waals surface area contributed by atoms with E-state index in [1.807, 2.05) is 49.5 Å². The van der Waals surface area contributed by atoms with E-state index < -0.39 is 0 Å². The van der Waals surface area contributed by atoms with E-state index in [0.717, 1.165) is 30.5 Å². The Balaban J connectivity index is 1.58. The first-order valence-electron chi connectivity index (χ1n) is 8.70. The van der Waals surface area contributed by atoms with E-state index >= 15 is 0 Å². The first-order valence-corrected chi connectivity index (χ1v) is 8.70. The molecular weight excluding hydrogens is 310 g/mol. The van der Waals surface area contributed by atoms with Gasteiger partial charge in [0.15, 0.2) is 0 Å². The number of hydrogen-bond donors (Lipinski definition) is 1. The highest BCUT2D eigenvalue weighted by Gasteiger charge is 2.23. The molecule has 126 valence electrons. The standard InChI is InChI=1S/C21H21N3O/c1-24-20(14-19(23-24)16-9-3-2-4-10-16)21(25)22-18-13-7-11-15-8-5-6-12-17(15)18/h2-6,8-10,12,14,18H,7,11,13H2,1H3,(H,22,25). The maximum Gasteiger partial charge on any atom is 0.270 e. The van der Waals surface area contributed by atoms with E-state index in [4.69, 9.17) is 0 Å². The van der Waals surface area contributed by atoms with Gasteiger partial charge in [-0.3, -0.25) is 9.48 Å². The lowest BCUT2D eigenvalue weighted by molar-refractivity contribution is 0.0923. The summed E-state index contributed by atoms with van der Waals surface area (Å²) < 4.78 is 1.66. The van der Waals surface area contributed by atoms with Gasteiger partial charge in [0.2, 0.25) is 0 Å². The molecule has 0 aliphatic heterocycles. The van der Waals surface area contributed by atoms with E-state index in [1.165, 1.54) is 11.1 Å². The summed E-state index contributed by atoms with van der Waals surface area (Å²) >= 11 is 0. The molecule has 1 aromatic heterocycles. The quantitative estimate of drug-likeness (QED) is 0.791. The van der Waals surface area contributed by atoms with Crippen molar-refractivity contribution in [1.82, 2.24) is 15.1 Å². The molecule has 4 rings (SSSR count). The maximum absolute atomic E-state index is 12.8. The second-order valence-electron chi connectivity index (χ2n) is 6.52. The third-order valence-corrected chi connectivity index (χ3v) is 4.86. The Kier molecular flexibility index (Phi) is 4.10. The summed E-state index contributed by atoms with van der Waals surface area (Å²) in [6.07, 6.45) is 3.17. The van der Waals surface area contributed by atoms with Crippen LogP contribution in [0.3, 0.4) is 0 Å². The van der Waals surface area contributed by atoms with Crippen molar-refractivity contribution in [1.29, 1.82) is 0 Å². The first kappa shape index (κ1) is 15.6. The van der Waals surface area contributed by atoms with Gasteiger partial charge in [-0.2, -0.15) is 5.10 Å². The Bertz CT molecular complexity index is 899. The fourth-order valence-electron chi connectivity index (χ4n) is 3.57. The predicted octanol–water partition coefficient (Wildman–Crippen LogP) is 3.89. The number of nitrogens with zero attached hydrogens (tertiary/aromatic N) is 2. The van der Waals surface area contributed by atoms with Crippen molar-refractivity contribution in [3.05, 3.63) is 77.5 Å². The number of carbonyl (C=O) groups is 1. The Labute approximate surface area is 147 Å². The Morgan fingerprint density at radius 2 is 1.88 bits per heavy atom. The van der Waals surface area contributed by atoms with Crippen molar-refractivity contribution < 1.29 is 4.79 Å². The fraction of sp³-hybridized carbons (Fsp3) is 0.238. The van der Waals surface area contributed by atoms with E-state index in [9.17, 15) is 4.79 Å². The van der Waals surface area contributed by atoms with Crippen LogP contribution >= 0.6 is 0 Å². The average Bonchev–Trinajstić information content (AvgIpc) is 3.05. The SMILES string of the molecule is Cn1nc(-c2ccccc2)cc1C(=O)NC1CCCc2ccccc21. The van der Waals surface area contributed by atoms with Crippen molar-refractivity contribution >= 4 is 5.91 Å². The number of benzene rings is 2. The van der Waals surface area contributed by atoms with Crippen LogP contribution in [-0.4, -0.2) is 15.7 Å². The molecule has 25 heavy (non-hydrogen) atoms. The summed E-state index contributed by atoms with van der Waals surface area (Å²) in [7, 11) is 1.82. The smallest absolute Gasteiger partial charge is 0.270 e. The van der Waals surface area contributed by atoms with Gasteiger partial charge in [0, 0.05) is 12.6 Å². The molecule has 3 aromatic rings. The molecule has 0 saturated heterocycles. The van der Waals surface area contributed by atoms with Crippen LogP contribution in [-0.2, 0) is 13.5 Å². The van der Waals surface area contributed by atoms with Gasteiger partial charge in [-0.1, -0.05) is 54.6 Å². The van der Waals surface area contributed by atoms with E-state index in [2.05, 4.69) is 28.6 Å². The summed E-state index contributed by atoms with van der Waals surface area (Å²) in [6.45, 7) is 0. The fourth-order valence-corrected chi connectivity index (χ4v) is 3.57. The van der Waals surface area contributed by atoms with E-state index in [1.54, 1.807) is 4.68 Å². The molecule has 1 atom stereocenters. The lowest BCUT2D eigenvalue weighted by atomic mass is 9.87. The van der Waals surface area contributed by atoms with Crippen LogP contribution in [0.1, 0.15) is 40.5 Å². The van der Waals surface area contributed by atoms with E-state index in [-0.39, 0.29) is 11.9 Å². The van der Waals surface area contributed by atoms with Crippen LogP contribution in [0, 0.1) is 0 Å². The number of fused-ring (bicyclic) bond motifs is 1. The maximum atomic E-state index is 12.8. The topological polar surface area (TPSA) is 46.9 Å². The highest BCUT2D eigenvalue weighted by molar-refractivity contribution is 5.94. The minimum atomic E-state index is -0.0705. The lowest BCUT2D eigenvalue weighted by Crippen LogP contribution is -2.32. The molecule has 0 bridgehead atoms. The van der Waals surface area contributed by atoms with Gasteiger partial charge in [0.25, 0.3) is 5.91 Å². The second-order valence-corrected chi connectivity index (χ2v) is 6.52. The molecule has 1 amide bonds. The van der Waals surface area contributed by atoms with Crippen molar-refractivity contribution in [2.75, 3.05) is 0 Å². The number of amides is 1. The first-order chi connectivity index (χ1) is 12.2. The van der Waals surface area contributed by atoms with Crippen molar-refractivity contribution in [2.45, 2.75) is 25.3 Å². The van der Waals surface area contributed by atoms with Gasteiger partial charge in [-0.15, -0.1) is 0 Å². The van der Waals surface area contributed by atoms with Gasteiger partial charge in [-0.25, -0.2) is 0 Å². The monoisotopic (exact) mass is 331 g/mol. The number of rotatable bonds is 3. The highest BCUT2D eigenvalue weighted by atomic mass is 16.2. The van der Waals surface area contributed by atoms with Gasteiger partial charge in [-0.05, 0) is 36.5 Å². The molecule has 0 spiro atoms. The summed E-state index contributed by atoms with van der Waals surface area (Å²) in [6, 6.07) is 20.3. The predicted molar refractivity (Wildman–Crippen MR) is 98.2 cm³/mol. The summed E-state index contributed by atoms with van der Waals surface area (Å²) in [5, 5.41) is 7.69. The number of aryl methyl sites for hydroxylation is 2. The molecule has 0 fully saturated rings. The molecule has 1 aliphatic carbocycles. The van der Waals surface area contributed by atoms with Crippen LogP contribution in [0.5, 0.6) is 0 Å². The van der Waals surface area contributed by atoms with Crippen molar-refractivity contribution in [3.63, 3.8) is 0 Å². The average molecular weight is 331 g/mol. The van der Waals surface area contributed by atoms with Gasteiger partial charge < -0.3 is 5.32 Å². The van der Waals surface area contributed by atoms with Crippen LogP contribution in [0.25, 0.3) is 11.3 Å². The summed E-state index contributed by atoms with van der Waals surface area (Å²) in [5.41, 5.74) is 5.00. The molecule has 2 aromatic carbocycles. The molecule has 1 unspecified atom stereocenters. The molecule has 4 nitrogen and oxygen atoms in total. The Morgan fingerprint density at radius 3 is 2.72 bits per heavy atom. The summed E-state index contributed by atoms with van der Waals surface area (Å²) in [5.74, 6) is -0.0705. The zero-order valence-electron chi connectivity index (χ0n) is 14.3. The van der Waals surface area contributed by atoms with Crippen LogP contribution < -0.4 is 5.32 Å². The molecule has 4 heteroatoms. The molecule has 1 aliphatic rings. The molecule has 1 N–H and O–H groups in total. The number of hydrogen-bond acceptors (Lipinski definition) is 2. The number of carbonyl (C=O) groups excluding carboxylic acids is 1. The van der Waals surface area contributed by atoms with Gasteiger partial charge >= 0.3 is 0 Å². The Morgan fingerprint density at radius 1 is 1.12 bits per heavy atom. The van der Waals surface area contributed by atoms with Crippen LogP contribution in [0.4, 0.5) is 0 Å². The second kappa shape index (κ2) is 6.55. The minimum Gasteiger partial charge on any atom is -0.344 e. The Hall–Kier alpha value is -2.88. The third kappa shape index (κ3) is 3.07. The highest BCUT2D eigenvalue weighted by Crippen LogP contribution is 2.29. The zero-order chi connectivity index (χ0) is 17.2. The number of aromatic nitrogens is 2. The minimum absolute atomic E-state index is 0.0705. The number of nitrogens with one attached hydrogen (secondary N) is 1. The zero-order valence-corrected chi connectivity index (χ0v) is 14.3. The molecule has 1 heterocycles. The van der Waals surface area contributed by atoms with Crippen molar-refractivity contribution in [3.8, 4) is 11.3 Å². The molecule has 0 saturated carbocycles. The third-order valence-electron chi connectivity index (χ3n) is 4.86. The normalized spacial score (nSPS) is 16.3. The van der Waals surface area contributed by atoms with Gasteiger partial charge in [0.1, 0.15) is 5.69 Å². The lowest BCUT2D eigenvalue weighted by Gasteiger charge is -2.26.